The fraction of sp³-hybridized carbons (Fsp3) is 0.562. The fourth-order valence-corrected chi connectivity index (χ4v) is 2.63. The normalized spacial score (nSPS) is 22.3. The van der Waals surface area contributed by atoms with Gasteiger partial charge in [0.1, 0.15) is 5.75 Å². The fourth-order valence-electron chi connectivity index (χ4n) is 2.63. The van der Waals surface area contributed by atoms with Crippen LogP contribution in [0.2, 0.25) is 0 Å². The van der Waals surface area contributed by atoms with Gasteiger partial charge in [-0.15, -0.1) is 0 Å². The maximum absolute atomic E-state index is 12.1. The Hall–Kier alpha value is -1.55. The first-order valence-electron chi connectivity index (χ1n) is 7.34. The molecule has 2 atom stereocenters. The Balaban J connectivity index is 1.75. The molecule has 2 N–H and O–H groups in total. The number of piperidine rings is 1. The first kappa shape index (κ1) is 14.9. The number of ether oxygens (including phenoxy) is 1. The van der Waals surface area contributed by atoms with Gasteiger partial charge in [0.05, 0.1) is 13.2 Å². The van der Waals surface area contributed by atoms with Gasteiger partial charge in [-0.1, -0.05) is 19.1 Å². The van der Waals surface area contributed by atoms with E-state index in [4.69, 9.17) is 4.74 Å². The molecule has 20 heavy (non-hydrogen) atoms. The van der Waals surface area contributed by atoms with Gasteiger partial charge in [0.2, 0.25) is 5.91 Å². The van der Waals surface area contributed by atoms with Crippen LogP contribution in [-0.2, 0) is 11.2 Å². The molecule has 4 heteroatoms. The second-order valence-corrected chi connectivity index (χ2v) is 5.44. The van der Waals surface area contributed by atoms with E-state index in [9.17, 15) is 4.79 Å². The predicted octanol–water partition coefficient (Wildman–Crippen LogP) is 1.74. The summed E-state index contributed by atoms with van der Waals surface area (Å²) in [7, 11) is 1.66. The maximum atomic E-state index is 12.1. The molecule has 0 radical (unpaired) electrons. The molecule has 0 saturated carbocycles. The summed E-state index contributed by atoms with van der Waals surface area (Å²) >= 11 is 0. The van der Waals surface area contributed by atoms with E-state index < -0.39 is 0 Å². The third-order valence-corrected chi connectivity index (χ3v) is 3.92. The summed E-state index contributed by atoms with van der Waals surface area (Å²) in [4.78, 5) is 12.1. The van der Waals surface area contributed by atoms with E-state index in [2.05, 4.69) is 17.6 Å². The zero-order valence-electron chi connectivity index (χ0n) is 12.3. The summed E-state index contributed by atoms with van der Waals surface area (Å²) < 4.78 is 5.12. The van der Waals surface area contributed by atoms with Crippen LogP contribution in [0.5, 0.6) is 5.75 Å². The third-order valence-electron chi connectivity index (χ3n) is 3.92. The molecule has 0 aromatic heterocycles. The molecule has 1 amide bonds. The summed E-state index contributed by atoms with van der Waals surface area (Å²) in [6, 6.07) is 7.93. The lowest BCUT2D eigenvalue weighted by Gasteiger charge is -2.28. The van der Waals surface area contributed by atoms with Crippen LogP contribution < -0.4 is 15.4 Å². The van der Waals surface area contributed by atoms with Crippen molar-refractivity contribution in [2.45, 2.75) is 32.2 Å². The average molecular weight is 276 g/mol. The molecular formula is C16H24N2O2. The highest BCUT2D eigenvalue weighted by Crippen LogP contribution is 2.15. The molecule has 0 spiro atoms. The first-order valence-corrected chi connectivity index (χ1v) is 7.34. The summed E-state index contributed by atoms with van der Waals surface area (Å²) in [6.45, 7) is 3.76. The molecule has 1 aliphatic rings. The Morgan fingerprint density at radius 2 is 2.15 bits per heavy atom. The van der Waals surface area contributed by atoms with E-state index in [0.29, 0.717) is 12.5 Å². The third kappa shape index (κ3) is 3.97. The molecule has 2 rings (SSSR count). The number of methoxy groups -OCH3 is 1. The van der Waals surface area contributed by atoms with Crippen molar-refractivity contribution in [3.05, 3.63) is 29.8 Å². The lowest BCUT2D eigenvalue weighted by atomic mass is 9.92. The molecule has 0 bridgehead atoms. The molecule has 1 aliphatic heterocycles. The van der Waals surface area contributed by atoms with Crippen LogP contribution in [0.3, 0.4) is 0 Å². The van der Waals surface area contributed by atoms with Crippen molar-refractivity contribution >= 4 is 5.91 Å². The Labute approximate surface area is 120 Å². The Morgan fingerprint density at radius 1 is 1.40 bits per heavy atom. The molecule has 0 aliphatic carbocycles. The highest BCUT2D eigenvalue weighted by atomic mass is 16.5. The van der Waals surface area contributed by atoms with Gasteiger partial charge in [0, 0.05) is 6.54 Å². The number of benzene rings is 1. The lowest BCUT2D eigenvalue weighted by Crippen LogP contribution is -2.51. The summed E-state index contributed by atoms with van der Waals surface area (Å²) in [5, 5.41) is 6.33. The molecule has 1 aromatic carbocycles. The first-order chi connectivity index (χ1) is 9.70. The quantitative estimate of drug-likeness (QED) is 0.861. The van der Waals surface area contributed by atoms with E-state index in [-0.39, 0.29) is 11.9 Å². The Kier molecular flexibility index (Phi) is 5.41. The van der Waals surface area contributed by atoms with Crippen LogP contribution in [0.15, 0.2) is 24.3 Å². The van der Waals surface area contributed by atoms with Gasteiger partial charge in [-0.2, -0.15) is 0 Å². The number of carbonyl (C=O) groups excluding carboxylic acids is 1. The molecular weight excluding hydrogens is 252 g/mol. The van der Waals surface area contributed by atoms with Gasteiger partial charge in [0.15, 0.2) is 0 Å². The van der Waals surface area contributed by atoms with Crippen molar-refractivity contribution in [1.82, 2.24) is 10.6 Å². The number of rotatable bonds is 5. The largest absolute Gasteiger partial charge is 0.497 e. The van der Waals surface area contributed by atoms with E-state index in [1.165, 1.54) is 5.56 Å². The van der Waals surface area contributed by atoms with Crippen LogP contribution in [0, 0.1) is 5.92 Å². The highest BCUT2D eigenvalue weighted by Gasteiger charge is 2.26. The summed E-state index contributed by atoms with van der Waals surface area (Å²) in [5.41, 5.74) is 1.20. The number of hydrogen-bond donors (Lipinski definition) is 2. The number of carbonyl (C=O) groups is 1. The molecule has 4 nitrogen and oxygen atoms in total. The summed E-state index contributed by atoms with van der Waals surface area (Å²) in [6.07, 6.45) is 3.14. The predicted molar refractivity (Wildman–Crippen MR) is 79.9 cm³/mol. The second kappa shape index (κ2) is 7.29. The van der Waals surface area contributed by atoms with Crippen molar-refractivity contribution in [1.29, 1.82) is 0 Å². The van der Waals surface area contributed by atoms with Crippen LogP contribution >= 0.6 is 0 Å². The van der Waals surface area contributed by atoms with Gasteiger partial charge >= 0.3 is 0 Å². The highest BCUT2D eigenvalue weighted by molar-refractivity contribution is 5.82. The lowest BCUT2D eigenvalue weighted by molar-refractivity contribution is -0.124. The van der Waals surface area contributed by atoms with E-state index in [1.807, 2.05) is 24.3 Å². The molecule has 2 unspecified atom stereocenters. The van der Waals surface area contributed by atoms with Crippen molar-refractivity contribution in [2.24, 2.45) is 5.92 Å². The maximum Gasteiger partial charge on any atom is 0.237 e. The van der Waals surface area contributed by atoms with Gasteiger partial charge in [-0.3, -0.25) is 4.79 Å². The molecule has 1 fully saturated rings. The van der Waals surface area contributed by atoms with Gasteiger partial charge in [-0.25, -0.2) is 0 Å². The second-order valence-electron chi connectivity index (χ2n) is 5.44. The van der Waals surface area contributed by atoms with Gasteiger partial charge in [-0.05, 0) is 49.4 Å². The molecule has 110 valence electrons. The molecule has 1 saturated heterocycles. The van der Waals surface area contributed by atoms with Crippen LogP contribution in [0.4, 0.5) is 0 Å². The minimum atomic E-state index is -0.0281. The summed E-state index contributed by atoms with van der Waals surface area (Å²) in [5.74, 6) is 1.41. The molecule has 1 aromatic rings. The zero-order chi connectivity index (χ0) is 14.4. The zero-order valence-corrected chi connectivity index (χ0v) is 12.3. The molecule has 1 heterocycles. The van der Waals surface area contributed by atoms with Crippen molar-refractivity contribution in [3.8, 4) is 5.75 Å². The minimum Gasteiger partial charge on any atom is -0.497 e. The standard InChI is InChI=1S/C16H24N2O2/c1-12-4-3-10-17-15(12)16(19)18-11-9-13-5-7-14(20-2)8-6-13/h5-8,12,15,17H,3-4,9-11H2,1-2H3,(H,18,19). The Bertz CT molecular complexity index is 431. The SMILES string of the molecule is COc1ccc(CCNC(=O)C2NCCCC2C)cc1. The Morgan fingerprint density at radius 3 is 2.80 bits per heavy atom. The monoisotopic (exact) mass is 276 g/mol. The smallest absolute Gasteiger partial charge is 0.237 e. The number of amides is 1. The van der Waals surface area contributed by atoms with E-state index in [1.54, 1.807) is 7.11 Å². The number of nitrogens with one attached hydrogen (secondary N) is 2. The van der Waals surface area contributed by atoms with E-state index >= 15 is 0 Å². The van der Waals surface area contributed by atoms with Gasteiger partial charge in [0.25, 0.3) is 0 Å². The topological polar surface area (TPSA) is 50.4 Å². The van der Waals surface area contributed by atoms with Gasteiger partial charge < -0.3 is 15.4 Å². The van der Waals surface area contributed by atoms with Crippen LogP contribution in [-0.4, -0.2) is 32.1 Å². The van der Waals surface area contributed by atoms with Crippen molar-refractivity contribution in [2.75, 3.05) is 20.2 Å². The van der Waals surface area contributed by atoms with Crippen molar-refractivity contribution < 1.29 is 9.53 Å². The average Bonchev–Trinajstić information content (AvgIpc) is 2.48. The number of hydrogen-bond acceptors (Lipinski definition) is 3. The van der Waals surface area contributed by atoms with Crippen LogP contribution in [0.1, 0.15) is 25.3 Å². The van der Waals surface area contributed by atoms with E-state index in [0.717, 1.165) is 31.6 Å². The van der Waals surface area contributed by atoms with Crippen molar-refractivity contribution in [3.63, 3.8) is 0 Å². The minimum absolute atomic E-state index is 0.0281. The van der Waals surface area contributed by atoms with Crippen LogP contribution in [0.25, 0.3) is 0 Å².